The molecule has 1 aliphatic carbocycles. The standard InChI is InChI=1S/C20H23NO3/c1-24-18-9-8-14-5-2-3-7-16(14)17(18)12-21-11-15-6-4-10-20(15,13-21)19(22)23/h2-3,5,7-9,15H,4,6,10-13H2,1H3,(H,22,23)/t15-,20+/m0/s1. The van der Waals surface area contributed by atoms with E-state index in [2.05, 4.69) is 23.1 Å². The lowest BCUT2D eigenvalue weighted by atomic mass is 9.81. The highest BCUT2D eigenvalue weighted by molar-refractivity contribution is 5.87. The third-order valence-electron chi connectivity index (χ3n) is 5.97. The van der Waals surface area contributed by atoms with Crippen LogP contribution in [0, 0.1) is 11.3 Å². The fraction of sp³-hybridized carbons (Fsp3) is 0.450. The first-order chi connectivity index (χ1) is 11.6. The average Bonchev–Trinajstić information content (AvgIpc) is 3.13. The van der Waals surface area contributed by atoms with Crippen molar-refractivity contribution in [3.05, 3.63) is 42.0 Å². The van der Waals surface area contributed by atoms with E-state index < -0.39 is 11.4 Å². The van der Waals surface area contributed by atoms with Crippen molar-refractivity contribution < 1.29 is 14.6 Å². The molecule has 126 valence electrons. The SMILES string of the molecule is COc1ccc2ccccc2c1CN1C[C@@H]2CCC[C@@]2(C(=O)O)C1. The summed E-state index contributed by atoms with van der Waals surface area (Å²) in [5, 5.41) is 12.2. The summed E-state index contributed by atoms with van der Waals surface area (Å²) in [5.41, 5.74) is 0.633. The number of methoxy groups -OCH3 is 1. The molecule has 0 spiro atoms. The fourth-order valence-electron chi connectivity index (χ4n) is 4.76. The largest absolute Gasteiger partial charge is 0.496 e. The lowest BCUT2D eigenvalue weighted by Crippen LogP contribution is -2.35. The maximum atomic E-state index is 11.9. The molecule has 0 amide bonds. The Morgan fingerprint density at radius 2 is 2.17 bits per heavy atom. The van der Waals surface area contributed by atoms with Gasteiger partial charge in [-0.15, -0.1) is 0 Å². The van der Waals surface area contributed by atoms with Crippen molar-refractivity contribution >= 4 is 16.7 Å². The second-order valence-corrected chi connectivity index (χ2v) is 7.19. The Labute approximate surface area is 142 Å². The van der Waals surface area contributed by atoms with E-state index in [1.165, 1.54) is 10.8 Å². The molecule has 4 rings (SSSR count). The Balaban J connectivity index is 1.67. The highest BCUT2D eigenvalue weighted by atomic mass is 16.5. The van der Waals surface area contributed by atoms with Crippen LogP contribution in [0.1, 0.15) is 24.8 Å². The number of ether oxygens (including phenoxy) is 1. The molecule has 24 heavy (non-hydrogen) atoms. The smallest absolute Gasteiger partial charge is 0.311 e. The minimum atomic E-state index is -0.614. The van der Waals surface area contributed by atoms with Crippen LogP contribution in [-0.2, 0) is 11.3 Å². The quantitative estimate of drug-likeness (QED) is 0.934. The number of carboxylic acid groups (broad SMARTS) is 1. The number of aliphatic carboxylic acids is 1. The molecular formula is C20H23NO3. The van der Waals surface area contributed by atoms with Gasteiger partial charge in [-0.2, -0.15) is 0 Å². The van der Waals surface area contributed by atoms with Crippen LogP contribution >= 0.6 is 0 Å². The number of nitrogens with zero attached hydrogens (tertiary/aromatic N) is 1. The Morgan fingerprint density at radius 3 is 2.92 bits per heavy atom. The molecule has 4 heteroatoms. The zero-order valence-corrected chi connectivity index (χ0v) is 14.0. The van der Waals surface area contributed by atoms with Gasteiger partial charge in [-0.1, -0.05) is 36.8 Å². The minimum Gasteiger partial charge on any atom is -0.496 e. The Bertz CT molecular complexity index is 788. The number of likely N-dealkylation sites (tertiary alicyclic amines) is 1. The van der Waals surface area contributed by atoms with E-state index in [0.717, 1.165) is 43.7 Å². The van der Waals surface area contributed by atoms with Gasteiger partial charge < -0.3 is 9.84 Å². The van der Waals surface area contributed by atoms with E-state index in [4.69, 9.17) is 4.74 Å². The molecule has 1 saturated carbocycles. The van der Waals surface area contributed by atoms with Crippen LogP contribution in [0.25, 0.3) is 10.8 Å². The third kappa shape index (κ3) is 2.28. The Kier molecular flexibility index (Phi) is 3.72. The number of hydrogen-bond donors (Lipinski definition) is 1. The molecule has 2 aromatic carbocycles. The molecule has 4 nitrogen and oxygen atoms in total. The summed E-state index contributed by atoms with van der Waals surface area (Å²) in [6.45, 7) is 2.27. The minimum absolute atomic E-state index is 0.288. The summed E-state index contributed by atoms with van der Waals surface area (Å²) in [5.74, 6) is 0.559. The van der Waals surface area contributed by atoms with Gasteiger partial charge in [-0.3, -0.25) is 9.69 Å². The first kappa shape index (κ1) is 15.5. The second kappa shape index (κ2) is 5.78. The van der Waals surface area contributed by atoms with Crippen molar-refractivity contribution in [3.8, 4) is 5.75 Å². The first-order valence-corrected chi connectivity index (χ1v) is 8.64. The highest BCUT2D eigenvalue weighted by Gasteiger charge is 2.54. The Morgan fingerprint density at radius 1 is 1.33 bits per heavy atom. The summed E-state index contributed by atoms with van der Waals surface area (Å²) >= 11 is 0. The van der Waals surface area contributed by atoms with Gasteiger partial charge in [-0.25, -0.2) is 0 Å². The van der Waals surface area contributed by atoms with Gasteiger partial charge in [0.1, 0.15) is 5.75 Å². The number of carboxylic acids is 1. The van der Waals surface area contributed by atoms with Gasteiger partial charge in [0.15, 0.2) is 0 Å². The molecule has 2 aromatic rings. The maximum absolute atomic E-state index is 11.9. The van der Waals surface area contributed by atoms with E-state index in [9.17, 15) is 9.90 Å². The average molecular weight is 325 g/mol. The summed E-state index contributed by atoms with van der Waals surface area (Å²) in [4.78, 5) is 14.2. The van der Waals surface area contributed by atoms with Crippen molar-refractivity contribution in [2.75, 3.05) is 20.2 Å². The first-order valence-electron chi connectivity index (χ1n) is 8.64. The lowest BCUT2D eigenvalue weighted by Gasteiger charge is -2.24. The zero-order chi connectivity index (χ0) is 16.7. The van der Waals surface area contributed by atoms with E-state index in [1.807, 2.05) is 18.2 Å². The van der Waals surface area contributed by atoms with E-state index >= 15 is 0 Å². The molecule has 0 aromatic heterocycles. The molecule has 1 heterocycles. The van der Waals surface area contributed by atoms with Crippen molar-refractivity contribution in [2.24, 2.45) is 11.3 Å². The van der Waals surface area contributed by atoms with Gasteiger partial charge in [0, 0.05) is 25.2 Å². The number of carbonyl (C=O) groups is 1. The van der Waals surface area contributed by atoms with Crippen LogP contribution < -0.4 is 4.74 Å². The predicted molar refractivity (Wildman–Crippen MR) is 93.2 cm³/mol. The van der Waals surface area contributed by atoms with Crippen molar-refractivity contribution in [2.45, 2.75) is 25.8 Å². The van der Waals surface area contributed by atoms with Crippen molar-refractivity contribution in [3.63, 3.8) is 0 Å². The highest BCUT2D eigenvalue weighted by Crippen LogP contribution is 2.49. The summed E-state index contributed by atoms with van der Waals surface area (Å²) in [6, 6.07) is 12.4. The van der Waals surface area contributed by atoms with Crippen molar-refractivity contribution in [1.82, 2.24) is 4.90 Å². The maximum Gasteiger partial charge on any atom is 0.311 e. The molecule has 1 saturated heterocycles. The number of rotatable bonds is 4. The molecule has 0 unspecified atom stereocenters. The molecule has 1 N–H and O–H groups in total. The molecule has 0 bridgehead atoms. The monoisotopic (exact) mass is 325 g/mol. The van der Waals surface area contributed by atoms with Gasteiger partial charge in [-0.05, 0) is 35.6 Å². The van der Waals surface area contributed by atoms with E-state index in [1.54, 1.807) is 7.11 Å². The van der Waals surface area contributed by atoms with Gasteiger partial charge in [0.25, 0.3) is 0 Å². The topological polar surface area (TPSA) is 49.8 Å². The second-order valence-electron chi connectivity index (χ2n) is 7.19. The third-order valence-corrected chi connectivity index (χ3v) is 5.97. The molecule has 2 fully saturated rings. The van der Waals surface area contributed by atoms with Crippen LogP contribution in [0.5, 0.6) is 5.75 Å². The van der Waals surface area contributed by atoms with E-state index in [-0.39, 0.29) is 5.92 Å². The van der Waals surface area contributed by atoms with E-state index in [0.29, 0.717) is 6.54 Å². The summed E-state index contributed by atoms with van der Waals surface area (Å²) < 4.78 is 5.59. The zero-order valence-electron chi connectivity index (χ0n) is 14.0. The molecular weight excluding hydrogens is 302 g/mol. The van der Waals surface area contributed by atoms with Gasteiger partial charge >= 0.3 is 5.97 Å². The predicted octanol–water partition coefficient (Wildman–Crippen LogP) is 3.54. The molecule has 1 aliphatic heterocycles. The number of benzene rings is 2. The van der Waals surface area contributed by atoms with Crippen LogP contribution in [0.4, 0.5) is 0 Å². The number of hydrogen-bond acceptors (Lipinski definition) is 3. The number of fused-ring (bicyclic) bond motifs is 2. The van der Waals surface area contributed by atoms with Crippen LogP contribution in [0.2, 0.25) is 0 Å². The normalized spacial score (nSPS) is 26.6. The summed E-state index contributed by atoms with van der Waals surface area (Å²) in [7, 11) is 1.70. The van der Waals surface area contributed by atoms with Crippen LogP contribution in [0.15, 0.2) is 36.4 Å². The lowest BCUT2D eigenvalue weighted by molar-refractivity contribution is -0.149. The van der Waals surface area contributed by atoms with Crippen molar-refractivity contribution in [1.29, 1.82) is 0 Å². The van der Waals surface area contributed by atoms with Gasteiger partial charge in [0.2, 0.25) is 0 Å². The van der Waals surface area contributed by atoms with Gasteiger partial charge in [0.05, 0.1) is 12.5 Å². The fourth-order valence-corrected chi connectivity index (χ4v) is 4.76. The molecule has 2 aliphatic rings. The molecule has 0 radical (unpaired) electrons. The Hall–Kier alpha value is -2.07. The molecule has 2 atom stereocenters. The van der Waals surface area contributed by atoms with Crippen LogP contribution in [-0.4, -0.2) is 36.2 Å². The van der Waals surface area contributed by atoms with Crippen LogP contribution in [0.3, 0.4) is 0 Å². The summed E-state index contributed by atoms with van der Waals surface area (Å²) in [6.07, 6.45) is 2.90.